The molecular formula is C14H23N3OS. The van der Waals surface area contributed by atoms with Crippen LogP contribution in [0, 0.1) is 6.92 Å². The van der Waals surface area contributed by atoms with Crippen LogP contribution in [0.3, 0.4) is 0 Å². The van der Waals surface area contributed by atoms with E-state index in [1.54, 1.807) is 0 Å². The number of nitrogens with zero attached hydrogens (tertiary/aromatic N) is 2. The second-order valence-electron chi connectivity index (χ2n) is 4.71. The van der Waals surface area contributed by atoms with Crippen LogP contribution in [0.2, 0.25) is 0 Å². The average molecular weight is 281 g/mol. The molecule has 19 heavy (non-hydrogen) atoms. The van der Waals surface area contributed by atoms with Crippen molar-refractivity contribution in [1.82, 2.24) is 9.97 Å². The van der Waals surface area contributed by atoms with E-state index in [0.717, 1.165) is 54.8 Å². The van der Waals surface area contributed by atoms with Gasteiger partial charge in [-0.3, -0.25) is 0 Å². The summed E-state index contributed by atoms with van der Waals surface area (Å²) in [7, 11) is 0. The number of thioether (sulfide) groups is 1. The minimum absolute atomic E-state index is 0.0468. The molecule has 4 nitrogen and oxygen atoms in total. The van der Waals surface area contributed by atoms with Gasteiger partial charge in [0.1, 0.15) is 11.9 Å². The van der Waals surface area contributed by atoms with Gasteiger partial charge in [-0.15, -0.1) is 0 Å². The van der Waals surface area contributed by atoms with Crippen molar-refractivity contribution in [3.8, 4) is 0 Å². The molecule has 1 atom stereocenters. The van der Waals surface area contributed by atoms with Crippen LogP contribution < -0.4 is 5.32 Å². The van der Waals surface area contributed by atoms with E-state index >= 15 is 0 Å². The Bertz CT molecular complexity index is 419. The fourth-order valence-electron chi connectivity index (χ4n) is 2.21. The third-order valence-corrected chi connectivity index (χ3v) is 4.22. The van der Waals surface area contributed by atoms with Gasteiger partial charge in [0.15, 0.2) is 5.82 Å². The van der Waals surface area contributed by atoms with Gasteiger partial charge >= 0.3 is 0 Å². The summed E-state index contributed by atoms with van der Waals surface area (Å²) < 4.78 is 5.78. The Labute approximate surface area is 119 Å². The highest BCUT2D eigenvalue weighted by atomic mass is 32.2. The van der Waals surface area contributed by atoms with Crippen molar-refractivity contribution in [2.24, 2.45) is 0 Å². The summed E-state index contributed by atoms with van der Waals surface area (Å²) in [6.45, 7) is 8.12. The second-order valence-corrected chi connectivity index (χ2v) is 5.86. The molecular weight excluding hydrogens is 258 g/mol. The van der Waals surface area contributed by atoms with Gasteiger partial charge in [-0.1, -0.05) is 13.8 Å². The Morgan fingerprint density at radius 3 is 2.84 bits per heavy atom. The first-order valence-electron chi connectivity index (χ1n) is 7.06. The second kappa shape index (κ2) is 7.10. The molecule has 2 rings (SSSR count). The summed E-state index contributed by atoms with van der Waals surface area (Å²) in [5.74, 6) is 3.85. The molecule has 1 unspecified atom stereocenters. The molecule has 0 radical (unpaired) electrons. The maximum atomic E-state index is 5.78. The summed E-state index contributed by atoms with van der Waals surface area (Å²) >= 11 is 1.91. The van der Waals surface area contributed by atoms with Crippen LogP contribution in [-0.4, -0.2) is 34.6 Å². The molecule has 0 aliphatic carbocycles. The molecule has 1 aromatic heterocycles. The molecule has 0 amide bonds. The minimum Gasteiger partial charge on any atom is -0.370 e. The first-order valence-corrected chi connectivity index (χ1v) is 8.22. The highest BCUT2D eigenvalue weighted by Gasteiger charge is 2.21. The topological polar surface area (TPSA) is 47.0 Å². The van der Waals surface area contributed by atoms with Crippen LogP contribution in [0.1, 0.15) is 43.5 Å². The van der Waals surface area contributed by atoms with Gasteiger partial charge < -0.3 is 10.1 Å². The molecule has 1 fully saturated rings. The predicted octanol–water partition coefficient (Wildman–Crippen LogP) is 2.97. The van der Waals surface area contributed by atoms with Crippen LogP contribution >= 0.6 is 11.8 Å². The van der Waals surface area contributed by atoms with Gasteiger partial charge in [-0.25, -0.2) is 9.97 Å². The number of aryl methyl sites for hydroxylation is 1. The number of nitrogens with one attached hydrogen (secondary N) is 1. The van der Waals surface area contributed by atoms with Crippen molar-refractivity contribution in [2.75, 3.05) is 30.0 Å². The maximum Gasteiger partial charge on any atom is 0.160 e. The van der Waals surface area contributed by atoms with Crippen LogP contribution in [-0.2, 0) is 11.2 Å². The number of hydrogen-bond donors (Lipinski definition) is 1. The Morgan fingerprint density at radius 2 is 2.21 bits per heavy atom. The Kier molecular flexibility index (Phi) is 5.45. The fourth-order valence-corrected chi connectivity index (χ4v) is 3.05. The molecule has 2 heterocycles. The number of ether oxygens (including phenoxy) is 1. The number of hydrogen-bond acceptors (Lipinski definition) is 5. The van der Waals surface area contributed by atoms with Gasteiger partial charge in [0.2, 0.25) is 0 Å². The number of rotatable bonds is 5. The lowest BCUT2D eigenvalue weighted by atomic mass is 10.1. The zero-order chi connectivity index (χ0) is 13.7. The maximum absolute atomic E-state index is 5.78. The monoisotopic (exact) mass is 281 g/mol. The normalized spacial score (nSPS) is 19.4. The van der Waals surface area contributed by atoms with Crippen molar-refractivity contribution >= 4 is 17.6 Å². The molecule has 5 heteroatoms. The van der Waals surface area contributed by atoms with E-state index in [1.807, 2.05) is 11.8 Å². The lowest BCUT2D eigenvalue weighted by molar-refractivity contribution is 0.0694. The largest absolute Gasteiger partial charge is 0.370 e. The minimum atomic E-state index is 0.0468. The molecule has 106 valence electrons. The van der Waals surface area contributed by atoms with Crippen LogP contribution in [0.25, 0.3) is 0 Å². The van der Waals surface area contributed by atoms with Crippen molar-refractivity contribution in [3.63, 3.8) is 0 Å². The summed E-state index contributed by atoms with van der Waals surface area (Å²) in [5, 5.41) is 3.42. The van der Waals surface area contributed by atoms with Gasteiger partial charge in [0, 0.05) is 29.3 Å². The number of anilines is 1. The smallest absolute Gasteiger partial charge is 0.160 e. The zero-order valence-corrected chi connectivity index (χ0v) is 12.8. The average Bonchev–Trinajstić information content (AvgIpc) is 2.45. The first-order chi connectivity index (χ1) is 9.26. The Morgan fingerprint density at radius 1 is 1.37 bits per heavy atom. The highest BCUT2D eigenvalue weighted by molar-refractivity contribution is 7.99. The third kappa shape index (κ3) is 3.60. The molecule has 1 aromatic rings. The Balaban J connectivity index is 2.26. The lowest BCUT2D eigenvalue weighted by Gasteiger charge is -2.22. The summed E-state index contributed by atoms with van der Waals surface area (Å²) in [5.41, 5.74) is 2.30. The van der Waals surface area contributed by atoms with Gasteiger partial charge in [0.25, 0.3) is 0 Å². The molecule has 1 saturated heterocycles. The first kappa shape index (κ1) is 14.6. The fraction of sp³-hybridized carbons (Fsp3) is 0.714. The molecule has 0 saturated carbocycles. The summed E-state index contributed by atoms with van der Waals surface area (Å²) in [6.07, 6.45) is 2.10. The molecule has 0 aromatic carbocycles. The van der Waals surface area contributed by atoms with E-state index in [-0.39, 0.29) is 6.10 Å². The molecule has 0 bridgehead atoms. The van der Waals surface area contributed by atoms with Gasteiger partial charge in [-0.2, -0.15) is 11.8 Å². The summed E-state index contributed by atoms with van der Waals surface area (Å²) in [6, 6.07) is 0. The van der Waals surface area contributed by atoms with Gasteiger partial charge in [0.05, 0.1) is 6.61 Å². The molecule has 1 aliphatic rings. The van der Waals surface area contributed by atoms with Crippen molar-refractivity contribution in [2.45, 2.75) is 39.7 Å². The van der Waals surface area contributed by atoms with E-state index in [4.69, 9.17) is 9.72 Å². The van der Waals surface area contributed by atoms with Crippen molar-refractivity contribution < 1.29 is 4.74 Å². The molecule has 0 spiro atoms. The standard InChI is InChI=1S/C14H23N3OS/c1-4-6-15-13-11(5-2)10(3)16-14(17-13)12-9-19-8-7-18-12/h12H,4-9H2,1-3H3,(H,15,16,17). The van der Waals surface area contributed by atoms with E-state index in [1.165, 1.54) is 5.56 Å². The summed E-state index contributed by atoms with van der Waals surface area (Å²) in [4.78, 5) is 9.35. The lowest BCUT2D eigenvalue weighted by Crippen LogP contribution is -2.20. The third-order valence-electron chi connectivity index (χ3n) is 3.23. The van der Waals surface area contributed by atoms with E-state index in [2.05, 4.69) is 31.1 Å². The van der Waals surface area contributed by atoms with Crippen LogP contribution in [0.15, 0.2) is 0 Å². The Hall–Kier alpha value is -0.810. The molecule has 1 N–H and O–H groups in total. The SMILES string of the molecule is CCCNc1nc(C2CSCCO2)nc(C)c1CC. The van der Waals surface area contributed by atoms with E-state index in [9.17, 15) is 0 Å². The van der Waals surface area contributed by atoms with Gasteiger partial charge in [-0.05, 0) is 19.8 Å². The van der Waals surface area contributed by atoms with Crippen LogP contribution in [0.4, 0.5) is 5.82 Å². The van der Waals surface area contributed by atoms with E-state index in [0.29, 0.717) is 0 Å². The van der Waals surface area contributed by atoms with Crippen molar-refractivity contribution in [1.29, 1.82) is 0 Å². The predicted molar refractivity (Wildman–Crippen MR) is 80.9 cm³/mol. The zero-order valence-electron chi connectivity index (χ0n) is 12.0. The van der Waals surface area contributed by atoms with Crippen molar-refractivity contribution in [3.05, 3.63) is 17.1 Å². The molecule has 1 aliphatic heterocycles. The quantitative estimate of drug-likeness (QED) is 0.899. The number of aromatic nitrogens is 2. The van der Waals surface area contributed by atoms with Crippen LogP contribution in [0.5, 0.6) is 0 Å². The highest BCUT2D eigenvalue weighted by Crippen LogP contribution is 2.27. The van der Waals surface area contributed by atoms with E-state index < -0.39 is 0 Å².